The Balaban J connectivity index is 1.89. The van der Waals surface area contributed by atoms with Gasteiger partial charge in [-0.3, -0.25) is 0 Å². The molecule has 0 spiro atoms. The fourth-order valence-corrected chi connectivity index (χ4v) is 2.93. The molecule has 0 aliphatic carbocycles. The summed E-state index contributed by atoms with van der Waals surface area (Å²) in [5.41, 5.74) is 0. The molecule has 108 valence electrons. The van der Waals surface area contributed by atoms with Crippen molar-refractivity contribution in [2.24, 2.45) is 5.92 Å². The van der Waals surface area contributed by atoms with Gasteiger partial charge in [-0.15, -0.1) is 11.8 Å². The van der Waals surface area contributed by atoms with Crippen molar-refractivity contribution >= 4 is 22.5 Å². The maximum atomic E-state index is 9.86. The van der Waals surface area contributed by atoms with E-state index in [1.165, 1.54) is 4.90 Å². The Morgan fingerprint density at radius 2 is 1.80 bits per heavy atom. The summed E-state index contributed by atoms with van der Waals surface area (Å²) in [5.74, 6) is 1.98. The average Bonchev–Trinajstić information content (AvgIpc) is 2.45. The molecule has 0 aliphatic heterocycles. The molecule has 0 radical (unpaired) electrons. The van der Waals surface area contributed by atoms with Crippen molar-refractivity contribution in [2.45, 2.75) is 25.2 Å². The highest BCUT2D eigenvalue weighted by molar-refractivity contribution is 7.99. The molecule has 0 atom stereocenters. The number of phenols is 1. The lowest BCUT2D eigenvalue weighted by Crippen LogP contribution is -2.02. The van der Waals surface area contributed by atoms with E-state index in [-0.39, 0.29) is 0 Å². The van der Waals surface area contributed by atoms with Gasteiger partial charge in [0, 0.05) is 22.6 Å². The van der Waals surface area contributed by atoms with Crippen molar-refractivity contribution < 1.29 is 9.84 Å². The molecule has 0 fully saturated rings. The molecular formula is C17H22O2S. The molecule has 0 saturated carbocycles. The number of benzene rings is 2. The Hall–Kier alpha value is -1.19. The van der Waals surface area contributed by atoms with Gasteiger partial charge >= 0.3 is 0 Å². The number of fused-ring (bicyclic) bond motifs is 1. The Kier molecular flexibility index (Phi) is 5.74. The van der Waals surface area contributed by atoms with Crippen LogP contribution in [0, 0.1) is 5.92 Å². The monoisotopic (exact) mass is 290 g/mol. The van der Waals surface area contributed by atoms with Gasteiger partial charge < -0.3 is 9.84 Å². The molecule has 0 bridgehead atoms. The lowest BCUT2D eigenvalue weighted by atomic mass is 10.1. The van der Waals surface area contributed by atoms with Gasteiger partial charge in [0.25, 0.3) is 0 Å². The van der Waals surface area contributed by atoms with Gasteiger partial charge in [0.2, 0.25) is 0 Å². The summed E-state index contributed by atoms with van der Waals surface area (Å²) in [7, 11) is 0. The quantitative estimate of drug-likeness (QED) is 0.592. The highest BCUT2D eigenvalue weighted by atomic mass is 32.2. The van der Waals surface area contributed by atoms with Gasteiger partial charge in [-0.25, -0.2) is 0 Å². The SMILES string of the molecule is CC(C)CCOCCSc1ccc(O)c2ccccc12. The van der Waals surface area contributed by atoms with Crippen molar-refractivity contribution in [3.8, 4) is 5.75 Å². The standard InChI is InChI=1S/C17H22O2S/c1-13(2)9-10-19-11-12-20-17-8-7-16(18)14-5-3-4-6-15(14)17/h3-8,13,18H,9-12H2,1-2H3. The lowest BCUT2D eigenvalue weighted by Gasteiger charge is -2.09. The third-order valence-electron chi connectivity index (χ3n) is 3.19. The van der Waals surface area contributed by atoms with Gasteiger partial charge in [-0.1, -0.05) is 38.1 Å². The molecule has 2 rings (SSSR count). The Labute approximate surface area is 125 Å². The van der Waals surface area contributed by atoms with E-state index in [0.717, 1.165) is 36.2 Å². The second-order valence-corrected chi connectivity index (χ2v) is 6.41. The Morgan fingerprint density at radius 3 is 2.55 bits per heavy atom. The van der Waals surface area contributed by atoms with Crippen LogP contribution >= 0.6 is 11.8 Å². The molecule has 3 heteroatoms. The van der Waals surface area contributed by atoms with Crippen LogP contribution in [0.5, 0.6) is 5.75 Å². The highest BCUT2D eigenvalue weighted by Crippen LogP contribution is 2.33. The van der Waals surface area contributed by atoms with Gasteiger partial charge in [0.05, 0.1) is 6.61 Å². The highest BCUT2D eigenvalue weighted by Gasteiger charge is 2.05. The van der Waals surface area contributed by atoms with Crippen LogP contribution < -0.4 is 0 Å². The van der Waals surface area contributed by atoms with Crippen LogP contribution in [0.1, 0.15) is 20.3 Å². The van der Waals surface area contributed by atoms with Crippen LogP contribution in [0.4, 0.5) is 0 Å². The fourth-order valence-electron chi connectivity index (χ4n) is 2.01. The molecule has 0 aliphatic rings. The molecule has 2 nitrogen and oxygen atoms in total. The minimum Gasteiger partial charge on any atom is -0.507 e. The van der Waals surface area contributed by atoms with Crippen molar-refractivity contribution in [3.63, 3.8) is 0 Å². The zero-order valence-corrected chi connectivity index (χ0v) is 13.0. The molecule has 0 heterocycles. The van der Waals surface area contributed by atoms with Gasteiger partial charge in [-0.2, -0.15) is 0 Å². The topological polar surface area (TPSA) is 29.5 Å². The molecule has 0 aromatic heterocycles. The predicted octanol–water partition coefficient (Wildman–Crippen LogP) is 4.70. The first-order valence-electron chi connectivity index (χ1n) is 7.09. The largest absolute Gasteiger partial charge is 0.507 e. The molecular weight excluding hydrogens is 268 g/mol. The van der Waals surface area contributed by atoms with Gasteiger partial charge in [0.1, 0.15) is 5.75 Å². The van der Waals surface area contributed by atoms with E-state index in [9.17, 15) is 5.11 Å². The lowest BCUT2D eigenvalue weighted by molar-refractivity contribution is 0.138. The molecule has 0 saturated heterocycles. The van der Waals surface area contributed by atoms with Crippen molar-refractivity contribution in [1.82, 2.24) is 0 Å². The van der Waals surface area contributed by atoms with E-state index >= 15 is 0 Å². The summed E-state index contributed by atoms with van der Waals surface area (Å²) < 4.78 is 5.63. The third-order valence-corrected chi connectivity index (χ3v) is 4.22. The minimum atomic E-state index is 0.345. The molecule has 0 amide bonds. The summed E-state index contributed by atoms with van der Waals surface area (Å²) in [6.45, 7) is 6.03. The molecule has 2 aromatic rings. The fraction of sp³-hybridized carbons (Fsp3) is 0.412. The number of hydrogen-bond donors (Lipinski definition) is 1. The van der Waals surface area contributed by atoms with Crippen LogP contribution in [0.3, 0.4) is 0 Å². The smallest absolute Gasteiger partial charge is 0.123 e. The van der Waals surface area contributed by atoms with E-state index < -0.39 is 0 Å². The van der Waals surface area contributed by atoms with E-state index in [2.05, 4.69) is 19.9 Å². The normalized spacial score (nSPS) is 11.3. The summed E-state index contributed by atoms with van der Waals surface area (Å²) in [6, 6.07) is 11.7. The first-order chi connectivity index (χ1) is 9.68. The Bertz CT molecular complexity index is 552. The van der Waals surface area contributed by atoms with E-state index in [1.807, 2.05) is 24.3 Å². The van der Waals surface area contributed by atoms with Crippen molar-refractivity contribution in [3.05, 3.63) is 36.4 Å². The van der Waals surface area contributed by atoms with Crippen molar-refractivity contribution in [2.75, 3.05) is 19.0 Å². The summed E-state index contributed by atoms with van der Waals surface area (Å²) in [4.78, 5) is 1.20. The van der Waals surface area contributed by atoms with Gasteiger partial charge in [0.15, 0.2) is 0 Å². The molecule has 20 heavy (non-hydrogen) atoms. The minimum absolute atomic E-state index is 0.345. The second-order valence-electron chi connectivity index (χ2n) is 5.27. The first kappa shape index (κ1) is 15.2. The second kappa shape index (κ2) is 7.55. The number of hydrogen-bond acceptors (Lipinski definition) is 3. The average molecular weight is 290 g/mol. The van der Waals surface area contributed by atoms with Crippen LogP contribution in [-0.4, -0.2) is 24.1 Å². The Morgan fingerprint density at radius 1 is 1.05 bits per heavy atom. The number of aromatic hydroxyl groups is 1. The van der Waals surface area contributed by atoms with E-state index in [0.29, 0.717) is 11.7 Å². The summed E-state index contributed by atoms with van der Waals surface area (Å²) in [6.07, 6.45) is 1.12. The summed E-state index contributed by atoms with van der Waals surface area (Å²) >= 11 is 1.78. The zero-order chi connectivity index (χ0) is 14.4. The summed E-state index contributed by atoms with van der Waals surface area (Å²) in [5, 5.41) is 11.9. The predicted molar refractivity (Wildman–Crippen MR) is 86.6 cm³/mol. The van der Waals surface area contributed by atoms with E-state index in [1.54, 1.807) is 17.8 Å². The zero-order valence-electron chi connectivity index (χ0n) is 12.1. The molecule has 2 aromatic carbocycles. The van der Waals surface area contributed by atoms with Crippen LogP contribution in [0.15, 0.2) is 41.3 Å². The molecule has 0 unspecified atom stereocenters. The molecule has 1 N–H and O–H groups in total. The first-order valence-corrected chi connectivity index (χ1v) is 8.08. The van der Waals surface area contributed by atoms with Gasteiger partial charge in [-0.05, 0) is 29.9 Å². The van der Waals surface area contributed by atoms with Crippen LogP contribution in [0.25, 0.3) is 10.8 Å². The van der Waals surface area contributed by atoms with Crippen LogP contribution in [0.2, 0.25) is 0 Å². The van der Waals surface area contributed by atoms with E-state index in [4.69, 9.17) is 4.74 Å². The number of thioether (sulfide) groups is 1. The number of ether oxygens (including phenoxy) is 1. The number of rotatable bonds is 7. The third kappa shape index (κ3) is 4.15. The maximum Gasteiger partial charge on any atom is 0.123 e. The maximum absolute atomic E-state index is 9.86. The van der Waals surface area contributed by atoms with Crippen LogP contribution in [-0.2, 0) is 4.74 Å². The number of phenolic OH excluding ortho intramolecular Hbond substituents is 1. The van der Waals surface area contributed by atoms with Crippen molar-refractivity contribution in [1.29, 1.82) is 0 Å².